The van der Waals surface area contributed by atoms with Crippen LogP contribution in [-0.2, 0) is 6.54 Å². The van der Waals surface area contributed by atoms with Gasteiger partial charge in [0.1, 0.15) is 0 Å². The third-order valence-corrected chi connectivity index (χ3v) is 4.02. The van der Waals surface area contributed by atoms with E-state index in [-0.39, 0.29) is 0 Å². The summed E-state index contributed by atoms with van der Waals surface area (Å²) in [5.74, 6) is 0. The first kappa shape index (κ1) is 13.1. The van der Waals surface area contributed by atoms with Gasteiger partial charge in [-0.15, -0.1) is 0 Å². The van der Waals surface area contributed by atoms with E-state index in [0.717, 1.165) is 13.1 Å². The SMILES string of the molecule is CNC1CCCN(Cc2cccnc2)c2ccccc21. The summed E-state index contributed by atoms with van der Waals surface area (Å²) in [6.45, 7) is 2.03. The van der Waals surface area contributed by atoms with Crippen molar-refractivity contribution in [2.24, 2.45) is 0 Å². The molecule has 3 nitrogen and oxygen atoms in total. The first-order valence-corrected chi connectivity index (χ1v) is 7.28. The number of nitrogens with one attached hydrogen (secondary N) is 1. The van der Waals surface area contributed by atoms with E-state index in [2.05, 4.69) is 52.6 Å². The molecule has 0 amide bonds. The fourth-order valence-corrected chi connectivity index (χ4v) is 3.01. The van der Waals surface area contributed by atoms with Gasteiger partial charge in [-0.1, -0.05) is 24.3 Å². The summed E-state index contributed by atoms with van der Waals surface area (Å²) in [5, 5.41) is 3.45. The number of fused-ring (bicyclic) bond motifs is 1. The van der Waals surface area contributed by atoms with Gasteiger partial charge in [-0.25, -0.2) is 0 Å². The van der Waals surface area contributed by atoms with Crippen molar-refractivity contribution >= 4 is 5.69 Å². The number of para-hydroxylation sites is 1. The predicted molar refractivity (Wildman–Crippen MR) is 82.8 cm³/mol. The molecule has 0 bridgehead atoms. The van der Waals surface area contributed by atoms with Crippen LogP contribution in [0, 0.1) is 0 Å². The first-order chi connectivity index (χ1) is 9.88. The van der Waals surface area contributed by atoms with Gasteiger partial charge in [0.05, 0.1) is 0 Å². The van der Waals surface area contributed by atoms with E-state index in [0.29, 0.717) is 6.04 Å². The monoisotopic (exact) mass is 267 g/mol. The third-order valence-electron chi connectivity index (χ3n) is 4.02. The van der Waals surface area contributed by atoms with E-state index in [4.69, 9.17) is 0 Å². The highest BCUT2D eigenvalue weighted by molar-refractivity contribution is 5.56. The summed E-state index contributed by atoms with van der Waals surface area (Å²) in [7, 11) is 2.05. The highest BCUT2D eigenvalue weighted by atomic mass is 15.1. The number of hydrogen-bond donors (Lipinski definition) is 1. The Morgan fingerprint density at radius 1 is 1.25 bits per heavy atom. The molecule has 1 aromatic carbocycles. The molecule has 20 heavy (non-hydrogen) atoms. The summed E-state index contributed by atoms with van der Waals surface area (Å²) in [4.78, 5) is 6.70. The molecule has 1 N–H and O–H groups in total. The van der Waals surface area contributed by atoms with Crippen LogP contribution in [0.2, 0.25) is 0 Å². The van der Waals surface area contributed by atoms with Crippen LogP contribution in [0.1, 0.15) is 30.0 Å². The van der Waals surface area contributed by atoms with Crippen molar-refractivity contribution in [2.45, 2.75) is 25.4 Å². The Labute approximate surface area is 120 Å². The predicted octanol–water partition coefficient (Wildman–Crippen LogP) is 3.14. The second kappa shape index (κ2) is 6.06. The van der Waals surface area contributed by atoms with Crippen LogP contribution >= 0.6 is 0 Å². The fraction of sp³-hybridized carbons (Fsp3) is 0.353. The maximum Gasteiger partial charge on any atom is 0.0444 e. The Morgan fingerprint density at radius 2 is 2.15 bits per heavy atom. The molecule has 104 valence electrons. The molecule has 1 aliphatic rings. The maximum absolute atomic E-state index is 4.22. The fourth-order valence-electron chi connectivity index (χ4n) is 3.01. The van der Waals surface area contributed by atoms with Crippen LogP contribution in [0.25, 0.3) is 0 Å². The molecule has 0 aliphatic carbocycles. The summed E-state index contributed by atoms with van der Waals surface area (Å²) in [5.41, 5.74) is 4.04. The number of hydrogen-bond acceptors (Lipinski definition) is 3. The Balaban J connectivity index is 1.91. The molecule has 1 atom stereocenters. The van der Waals surface area contributed by atoms with Gasteiger partial charge in [0.15, 0.2) is 0 Å². The summed E-state index contributed by atoms with van der Waals surface area (Å²) in [6.07, 6.45) is 6.19. The van der Waals surface area contributed by atoms with Crippen LogP contribution in [0.4, 0.5) is 5.69 Å². The number of benzene rings is 1. The molecule has 3 rings (SSSR count). The smallest absolute Gasteiger partial charge is 0.0444 e. The first-order valence-electron chi connectivity index (χ1n) is 7.28. The average molecular weight is 267 g/mol. The minimum atomic E-state index is 0.463. The topological polar surface area (TPSA) is 28.2 Å². The van der Waals surface area contributed by atoms with Gasteiger partial charge in [-0.3, -0.25) is 4.98 Å². The largest absolute Gasteiger partial charge is 0.367 e. The molecular formula is C17H21N3. The Morgan fingerprint density at radius 3 is 2.95 bits per heavy atom. The van der Waals surface area contributed by atoms with Crippen molar-refractivity contribution in [2.75, 3.05) is 18.5 Å². The number of aromatic nitrogens is 1. The van der Waals surface area contributed by atoms with Gasteiger partial charge in [0, 0.05) is 37.2 Å². The quantitative estimate of drug-likeness (QED) is 0.926. The van der Waals surface area contributed by atoms with Crippen molar-refractivity contribution in [3.05, 3.63) is 59.9 Å². The lowest BCUT2D eigenvalue weighted by Crippen LogP contribution is -2.23. The van der Waals surface area contributed by atoms with Crippen LogP contribution in [-0.4, -0.2) is 18.6 Å². The van der Waals surface area contributed by atoms with E-state index in [1.54, 1.807) is 0 Å². The molecule has 2 aromatic rings. The minimum absolute atomic E-state index is 0.463. The van der Waals surface area contributed by atoms with Crippen molar-refractivity contribution < 1.29 is 0 Å². The normalized spacial score (nSPS) is 18.4. The summed E-state index contributed by atoms with van der Waals surface area (Å²) < 4.78 is 0. The van der Waals surface area contributed by atoms with Gasteiger partial charge >= 0.3 is 0 Å². The Hall–Kier alpha value is -1.87. The van der Waals surface area contributed by atoms with E-state index in [1.165, 1.54) is 29.7 Å². The molecule has 1 unspecified atom stereocenters. The van der Waals surface area contributed by atoms with Gasteiger partial charge in [0.25, 0.3) is 0 Å². The Kier molecular flexibility index (Phi) is 3.97. The zero-order chi connectivity index (χ0) is 13.8. The van der Waals surface area contributed by atoms with Crippen molar-refractivity contribution in [3.8, 4) is 0 Å². The molecule has 2 heterocycles. The molecule has 0 fully saturated rings. The number of rotatable bonds is 3. The highest BCUT2D eigenvalue weighted by Crippen LogP contribution is 2.33. The van der Waals surface area contributed by atoms with E-state index >= 15 is 0 Å². The van der Waals surface area contributed by atoms with E-state index in [9.17, 15) is 0 Å². The molecular weight excluding hydrogens is 246 g/mol. The zero-order valence-corrected chi connectivity index (χ0v) is 11.9. The lowest BCUT2D eigenvalue weighted by molar-refractivity contribution is 0.541. The molecule has 3 heteroatoms. The molecule has 1 aromatic heterocycles. The van der Waals surface area contributed by atoms with Crippen molar-refractivity contribution in [1.29, 1.82) is 0 Å². The van der Waals surface area contributed by atoms with E-state index in [1.807, 2.05) is 18.5 Å². The third kappa shape index (κ3) is 2.68. The van der Waals surface area contributed by atoms with Gasteiger partial charge < -0.3 is 10.2 Å². The standard InChI is InChI=1S/C17H21N3/c1-18-16-8-5-11-20(13-14-6-4-10-19-12-14)17-9-3-2-7-15(16)17/h2-4,6-7,9-10,12,16,18H,5,8,11,13H2,1H3. The zero-order valence-electron chi connectivity index (χ0n) is 11.9. The van der Waals surface area contributed by atoms with Gasteiger partial charge in [-0.2, -0.15) is 0 Å². The van der Waals surface area contributed by atoms with Crippen LogP contribution in [0.5, 0.6) is 0 Å². The molecule has 0 spiro atoms. The number of pyridine rings is 1. The van der Waals surface area contributed by atoms with Crippen molar-refractivity contribution in [1.82, 2.24) is 10.3 Å². The molecule has 0 saturated heterocycles. The second-order valence-corrected chi connectivity index (χ2v) is 5.33. The number of anilines is 1. The molecule has 1 aliphatic heterocycles. The Bertz CT molecular complexity index is 553. The van der Waals surface area contributed by atoms with Crippen LogP contribution in [0.15, 0.2) is 48.8 Å². The minimum Gasteiger partial charge on any atom is -0.367 e. The lowest BCUT2D eigenvalue weighted by Gasteiger charge is -2.25. The average Bonchev–Trinajstić information content (AvgIpc) is 2.68. The molecule has 0 saturated carbocycles. The lowest BCUT2D eigenvalue weighted by atomic mass is 10.0. The van der Waals surface area contributed by atoms with Gasteiger partial charge in [0.2, 0.25) is 0 Å². The van der Waals surface area contributed by atoms with E-state index < -0.39 is 0 Å². The van der Waals surface area contributed by atoms with Crippen molar-refractivity contribution in [3.63, 3.8) is 0 Å². The second-order valence-electron chi connectivity index (χ2n) is 5.33. The number of nitrogens with zero attached hydrogens (tertiary/aromatic N) is 2. The van der Waals surface area contributed by atoms with Crippen LogP contribution < -0.4 is 10.2 Å². The summed E-state index contributed by atoms with van der Waals surface area (Å²) in [6, 6.07) is 13.4. The maximum atomic E-state index is 4.22. The molecule has 0 radical (unpaired) electrons. The highest BCUT2D eigenvalue weighted by Gasteiger charge is 2.21. The van der Waals surface area contributed by atoms with Crippen LogP contribution in [0.3, 0.4) is 0 Å². The van der Waals surface area contributed by atoms with Gasteiger partial charge in [-0.05, 0) is 43.1 Å². The summed E-state index contributed by atoms with van der Waals surface area (Å²) >= 11 is 0.